The Morgan fingerprint density at radius 2 is 0.817 bits per heavy atom. The summed E-state index contributed by atoms with van der Waals surface area (Å²) in [6.45, 7) is 39.4. The van der Waals surface area contributed by atoms with Crippen LogP contribution in [0.4, 0.5) is 9.59 Å². The Hall–Kier alpha value is -6.63. The summed E-state index contributed by atoms with van der Waals surface area (Å²) in [5.74, 6) is 3.31. The van der Waals surface area contributed by atoms with Crippen LogP contribution in [0.3, 0.4) is 0 Å². The van der Waals surface area contributed by atoms with Crippen molar-refractivity contribution in [2.45, 2.75) is 392 Å². The SMILES string of the molecule is CCCCN(C)Cc1cn[nH]c1C1CCC2(CC1)C(=O)NC(=O)N2C.CCCCN(C)Cc1cn[nH]c1C1CCC2(CC1)CC(OCC)CC(OCC)C2.CCCCN(C)Cc1cn[nH]c1C1CCC2(CC1)CCN(CCC(C)C)C2=O.CCCCN(C)Cc1cn[nH]c1C1CCC2(CC1)CN(C)C(=O)N2CC.CCCCN(C)Cc1cn[nH]c1C1CCC2(CC1)OCCCO2. The highest BCUT2D eigenvalue weighted by atomic mass is 16.7. The molecule has 10 fully saturated rings. The second kappa shape index (κ2) is 51.0. The molecule has 15 rings (SSSR count). The van der Waals surface area contributed by atoms with E-state index in [9.17, 15) is 19.2 Å². The van der Waals surface area contributed by atoms with Gasteiger partial charge < -0.3 is 63.0 Å². The number of nitrogens with one attached hydrogen (secondary N) is 6. The molecule has 6 aliphatic carbocycles. The van der Waals surface area contributed by atoms with Crippen molar-refractivity contribution >= 4 is 23.9 Å². The average molecular weight is 1820 g/mol. The molecule has 28 nitrogen and oxygen atoms in total. The van der Waals surface area contributed by atoms with E-state index in [2.05, 4.69) is 201 Å². The molecule has 6 N–H and O–H groups in total. The minimum absolute atomic E-state index is 0.0508. The van der Waals surface area contributed by atoms with Crippen LogP contribution in [0.2, 0.25) is 0 Å². The van der Waals surface area contributed by atoms with Crippen molar-refractivity contribution in [3.05, 3.63) is 87.3 Å². The van der Waals surface area contributed by atoms with E-state index < -0.39 is 5.54 Å². The van der Waals surface area contributed by atoms with Crippen LogP contribution < -0.4 is 5.32 Å². The molecule has 10 aliphatic rings. The minimum atomic E-state index is -0.647. The average Bonchev–Trinajstić information content (AvgIpc) is 1.63. The summed E-state index contributed by atoms with van der Waals surface area (Å²) < 4.78 is 24.1. The van der Waals surface area contributed by atoms with E-state index in [4.69, 9.17) is 18.9 Å². The van der Waals surface area contributed by atoms with Gasteiger partial charge >= 0.3 is 12.1 Å². The monoisotopic (exact) mass is 1820 g/mol. The van der Waals surface area contributed by atoms with Crippen molar-refractivity contribution in [3.63, 3.8) is 0 Å². The molecule has 0 bridgehead atoms. The normalized spacial score (nSPS) is 24.2. The molecule has 5 spiro atoms. The lowest BCUT2D eigenvalue weighted by molar-refractivity contribution is -0.281. The minimum Gasteiger partial charge on any atom is -0.378 e. The van der Waals surface area contributed by atoms with E-state index in [1.54, 1.807) is 11.9 Å². The number of carbonyl (C=O) groups excluding carboxylic acids is 4. The van der Waals surface area contributed by atoms with Crippen LogP contribution in [-0.2, 0) is 61.3 Å². The number of rotatable bonds is 38. The zero-order valence-corrected chi connectivity index (χ0v) is 84.7. The summed E-state index contributed by atoms with van der Waals surface area (Å²) in [6, 6.07) is -0.0750. The maximum atomic E-state index is 13.1. The fraction of sp³-hybridized carbons (Fsp3) is 0.816. The molecule has 0 aromatic carbocycles. The van der Waals surface area contributed by atoms with E-state index in [0.717, 1.165) is 234 Å². The number of urea groups is 2. The number of hydrogen-bond acceptors (Lipinski definition) is 18. The topological polar surface area (TPSA) is 290 Å². The van der Waals surface area contributed by atoms with Gasteiger partial charge in [0.25, 0.3) is 5.91 Å². The number of unbranched alkanes of at least 4 members (excludes halogenated alkanes) is 5. The summed E-state index contributed by atoms with van der Waals surface area (Å²) in [4.78, 5) is 69.3. The second-order valence-electron chi connectivity index (χ2n) is 42.1. The van der Waals surface area contributed by atoms with Gasteiger partial charge in [-0.1, -0.05) is 80.6 Å². The summed E-state index contributed by atoms with van der Waals surface area (Å²) in [6.07, 6.45) is 51.1. The number of amides is 6. The standard InChI is InChI=1S/C24H43N3O2.C23H40N4O.C20H35N5O.C18H29N5O2.C18H31N3O2/c1-5-8-13-27(4)18-20-17-25-26-23(20)19-9-11-24(12-10-19)15-21(28-6-2)14-22(16-24)29-7-3;1-5-6-13-26(4)17-20-16-24-25-21(20)19-7-10-23(11-8-19)12-15-27(22(23)28)14-9-18(2)3;1-5-7-12-23(3)14-17-13-21-22-18(17)16-8-10-20(11-9-16)15-24(4)19(26)25(20)6-2;1-4-5-10-22(2)12-14-11-19-21-15(14)13-6-8-18(9-7-13)16(24)20-17(25)23(18)3;1-3-4-10-21(2)14-16-13-19-20-17(16)15-6-8-18(9-7-15)22-11-5-12-23-18/h17,19,21-22H,5-16,18H2,1-4H3,(H,25,26);16,18-19H,5-15,17H2,1-4H3,(H,24,25);13,16H,5-12,14-15H2,1-4H3,(H,21,22);11,13H,4-10,12H2,1-3H3,(H,19,21)(H,20,24,25);13,15H,3-12,14H2,1-2H3,(H,19,20). The molecular formula is C103H178N20O8. The Labute approximate surface area is 788 Å². The van der Waals surface area contributed by atoms with Crippen LogP contribution in [0.25, 0.3) is 0 Å². The maximum absolute atomic E-state index is 13.1. The second-order valence-corrected chi connectivity index (χ2v) is 42.1. The van der Waals surface area contributed by atoms with Crippen molar-refractivity contribution in [3.8, 4) is 0 Å². The van der Waals surface area contributed by atoms with Gasteiger partial charge in [0.05, 0.1) is 67.4 Å². The van der Waals surface area contributed by atoms with E-state index in [1.807, 2.05) is 36.7 Å². The van der Waals surface area contributed by atoms with Gasteiger partial charge in [-0.05, 0) is 286 Å². The molecule has 5 aromatic heterocycles. The molecule has 6 amide bonds. The molecule has 4 aliphatic heterocycles. The number of carbonyl (C=O) groups is 4. The fourth-order valence-corrected chi connectivity index (χ4v) is 23.8. The Morgan fingerprint density at radius 1 is 0.466 bits per heavy atom. The number of imide groups is 1. The lowest BCUT2D eigenvalue weighted by Crippen LogP contribution is -2.50. The number of aromatic amines is 5. The smallest absolute Gasteiger partial charge is 0.324 e. The molecule has 4 saturated heterocycles. The van der Waals surface area contributed by atoms with Crippen molar-refractivity contribution in [2.24, 2.45) is 16.7 Å². The zero-order valence-electron chi connectivity index (χ0n) is 84.7. The van der Waals surface area contributed by atoms with E-state index in [1.165, 1.54) is 159 Å². The highest BCUT2D eigenvalue weighted by molar-refractivity contribution is 6.07. The number of hydrogen-bond donors (Lipinski definition) is 6. The lowest BCUT2D eigenvalue weighted by Gasteiger charge is -2.48. The Bertz CT molecular complexity index is 4120. The summed E-state index contributed by atoms with van der Waals surface area (Å²) in [5, 5.41) is 40.6. The molecule has 131 heavy (non-hydrogen) atoms. The largest absolute Gasteiger partial charge is 0.378 e. The first-order chi connectivity index (χ1) is 63.2. The van der Waals surface area contributed by atoms with Crippen LogP contribution in [0.1, 0.15) is 386 Å². The molecular weight excluding hydrogens is 1650 g/mol. The number of H-pyrrole nitrogens is 5. The number of aromatic nitrogens is 10. The molecule has 9 heterocycles. The molecule has 0 radical (unpaired) electrons. The van der Waals surface area contributed by atoms with Gasteiger partial charge in [0.15, 0.2) is 5.79 Å². The third-order valence-electron chi connectivity index (χ3n) is 31.7. The zero-order chi connectivity index (χ0) is 93.7. The first-order valence-corrected chi connectivity index (χ1v) is 52.2. The van der Waals surface area contributed by atoms with Gasteiger partial charge in [0.1, 0.15) is 5.54 Å². The molecule has 2 atom stereocenters. The number of ether oxygens (including phenoxy) is 4. The van der Waals surface area contributed by atoms with Gasteiger partial charge in [-0.25, -0.2) is 9.59 Å². The molecule has 5 aromatic rings. The van der Waals surface area contributed by atoms with Crippen LogP contribution in [0.5, 0.6) is 0 Å². The molecule has 738 valence electrons. The predicted octanol–water partition coefficient (Wildman–Crippen LogP) is 18.9. The van der Waals surface area contributed by atoms with Gasteiger partial charge in [0.2, 0.25) is 5.91 Å². The van der Waals surface area contributed by atoms with Crippen LogP contribution in [0, 0.1) is 16.7 Å². The third kappa shape index (κ3) is 27.9. The highest BCUT2D eigenvalue weighted by Crippen LogP contribution is 2.54. The molecule has 6 saturated carbocycles. The summed E-state index contributed by atoms with van der Waals surface area (Å²) in [5.41, 5.74) is 13.0. The van der Waals surface area contributed by atoms with Crippen LogP contribution in [0.15, 0.2) is 31.0 Å². The number of nitrogens with zero attached hydrogens (tertiary/aromatic N) is 14. The van der Waals surface area contributed by atoms with Crippen molar-refractivity contribution in [1.82, 2.24) is 100 Å². The number of likely N-dealkylation sites (N-methyl/N-ethyl adjacent to an activating group) is 3. The van der Waals surface area contributed by atoms with Gasteiger partial charge in [-0.2, -0.15) is 25.5 Å². The fourth-order valence-electron chi connectivity index (χ4n) is 23.8. The van der Waals surface area contributed by atoms with Crippen LogP contribution in [-0.4, -0.2) is 283 Å². The predicted molar refractivity (Wildman–Crippen MR) is 522 cm³/mol. The third-order valence-corrected chi connectivity index (χ3v) is 31.7. The van der Waals surface area contributed by atoms with Crippen LogP contribution >= 0.6 is 0 Å². The Morgan fingerprint density at radius 3 is 1.15 bits per heavy atom. The molecule has 28 heteroatoms. The summed E-state index contributed by atoms with van der Waals surface area (Å²) in [7, 11) is 14.6. The van der Waals surface area contributed by atoms with Gasteiger partial charge in [-0.3, -0.25) is 40.4 Å². The first-order valence-electron chi connectivity index (χ1n) is 52.2. The van der Waals surface area contributed by atoms with E-state index in [-0.39, 0.29) is 34.7 Å². The quantitative estimate of drug-likeness (QED) is 0.0200. The lowest BCUT2D eigenvalue weighted by atomic mass is 9.61. The Balaban J connectivity index is 0.000000158. The first kappa shape index (κ1) is 105. The summed E-state index contributed by atoms with van der Waals surface area (Å²) >= 11 is 0. The van der Waals surface area contributed by atoms with Crippen molar-refractivity contribution in [2.75, 3.05) is 135 Å². The van der Waals surface area contributed by atoms with Crippen molar-refractivity contribution in [1.29, 1.82) is 0 Å². The van der Waals surface area contributed by atoms with Gasteiger partial charge in [0, 0.05) is 185 Å². The number of likely N-dealkylation sites (tertiary alicyclic amines) is 1. The van der Waals surface area contributed by atoms with Gasteiger partial charge in [-0.15, -0.1) is 0 Å². The van der Waals surface area contributed by atoms with E-state index >= 15 is 0 Å². The maximum Gasteiger partial charge on any atom is 0.324 e. The van der Waals surface area contributed by atoms with E-state index in [0.29, 0.717) is 71.9 Å². The Kier molecular flexibility index (Phi) is 40.8. The highest BCUT2D eigenvalue weighted by Gasteiger charge is 2.55. The van der Waals surface area contributed by atoms with Crippen molar-refractivity contribution < 1.29 is 38.1 Å². The molecule has 2 unspecified atom stereocenters.